The first-order chi connectivity index (χ1) is 9.58. The lowest BCUT2D eigenvalue weighted by Gasteiger charge is -2.16. The van der Waals surface area contributed by atoms with Crippen molar-refractivity contribution in [3.8, 4) is 11.5 Å². The van der Waals surface area contributed by atoms with Crippen LogP contribution in [-0.2, 0) is 6.54 Å². The normalized spacial score (nSPS) is 10.9. The molecule has 0 saturated heterocycles. The van der Waals surface area contributed by atoms with Crippen LogP contribution in [0.2, 0.25) is 0 Å². The molecule has 0 heterocycles. The molecule has 0 aliphatic carbocycles. The number of rotatable bonds is 9. The Hall–Kier alpha value is -0.740. The van der Waals surface area contributed by atoms with Crippen LogP contribution < -0.4 is 14.8 Å². The topological polar surface area (TPSA) is 30.5 Å². The van der Waals surface area contributed by atoms with E-state index in [1.807, 2.05) is 19.9 Å². The van der Waals surface area contributed by atoms with E-state index in [9.17, 15) is 0 Å². The zero-order valence-corrected chi connectivity index (χ0v) is 14.5. The van der Waals surface area contributed by atoms with Gasteiger partial charge in [0.15, 0.2) is 11.5 Å². The fourth-order valence-electron chi connectivity index (χ4n) is 1.96. The minimum atomic E-state index is 0.123. The van der Waals surface area contributed by atoms with Crippen LogP contribution in [0.5, 0.6) is 11.5 Å². The second-order valence-corrected chi connectivity index (χ2v) is 6.01. The number of nitrogens with one attached hydrogen (secondary N) is 1. The highest BCUT2D eigenvalue weighted by molar-refractivity contribution is 9.10. The van der Waals surface area contributed by atoms with Crippen molar-refractivity contribution in [3.63, 3.8) is 0 Å². The van der Waals surface area contributed by atoms with Crippen molar-refractivity contribution < 1.29 is 9.47 Å². The van der Waals surface area contributed by atoms with Crippen LogP contribution in [0.25, 0.3) is 0 Å². The predicted molar refractivity (Wildman–Crippen MR) is 87.7 cm³/mol. The van der Waals surface area contributed by atoms with E-state index in [0.717, 1.165) is 29.1 Å². The van der Waals surface area contributed by atoms with E-state index in [-0.39, 0.29) is 6.10 Å². The van der Waals surface area contributed by atoms with Gasteiger partial charge in [-0.25, -0.2) is 0 Å². The van der Waals surface area contributed by atoms with E-state index in [2.05, 4.69) is 34.2 Å². The van der Waals surface area contributed by atoms with E-state index in [0.29, 0.717) is 0 Å². The highest BCUT2D eigenvalue weighted by atomic mass is 79.9. The van der Waals surface area contributed by atoms with Gasteiger partial charge in [0, 0.05) is 6.54 Å². The maximum Gasteiger partial charge on any atom is 0.175 e. The van der Waals surface area contributed by atoms with Crippen LogP contribution in [0, 0.1) is 0 Å². The lowest BCUT2D eigenvalue weighted by molar-refractivity contribution is 0.228. The molecule has 20 heavy (non-hydrogen) atoms. The summed E-state index contributed by atoms with van der Waals surface area (Å²) in [5.41, 5.74) is 1.20. The lowest BCUT2D eigenvalue weighted by atomic mass is 10.2. The van der Waals surface area contributed by atoms with Gasteiger partial charge in [-0.1, -0.05) is 19.8 Å². The van der Waals surface area contributed by atoms with Crippen molar-refractivity contribution in [1.29, 1.82) is 0 Å². The van der Waals surface area contributed by atoms with Crippen LogP contribution in [0.1, 0.15) is 45.6 Å². The molecule has 0 unspecified atom stereocenters. The maximum atomic E-state index is 5.79. The SMILES string of the molecule is CCCCCNCc1cc(Br)c(OC(C)C)c(OC)c1. The molecule has 1 rings (SSSR count). The summed E-state index contributed by atoms with van der Waals surface area (Å²) in [4.78, 5) is 0. The summed E-state index contributed by atoms with van der Waals surface area (Å²) in [6.07, 6.45) is 3.88. The standard InChI is InChI=1S/C16H26BrNO2/c1-5-6-7-8-18-11-13-9-14(17)16(20-12(2)3)15(10-13)19-4/h9-10,12,18H,5-8,11H2,1-4H3. The van der Waals surface area contributed by atoms with E-state index < -0.39 is 0 Å². The van der Waals surface area contributed by atoms with Gasteiger partial charge >= 0.3 is 0 Å². The monoisotopic (exact) mass is 343 g/mol. The Morgan fingerprint density at radius 3 is 2.60 bits per heavy atom. The van der Waals surface area contributed by atoms with Gasteiger partial charge in [0.05, 0.1) is 17.7 Å². The summed E-state index contributed by atoms with van der Waals surface area (Å²) >= 11 is 3.57. The summed E-state index contributed by atoms with van der Waals surface area (Å²) in [5.74, 6) is 1.55. The number of ether oxygens (including phenoxy) is 2. The number of hydrogen-bond acceptors (Lipinski definition) is 3. The van der Waals surface area contributed by atoms with E-state index >= 15 is 0 Å². The summed E-state index contributed by atoms with van der Waals surface area (Å²) < 4.78 is 12.2. The minimum Gasteiger partial charge on any atom is -0.493 e. The van der Waals surface area contributed by atoms with E-state index in [1.165, 1.54) is 24.8 Å². The molecule has 1 N–H and O–H groups in total. The third kappa shape index (κ3) is 5.71. The predicted octanol–water partition coefficient (Wildman–Crippen LogP) is 4.52. The molecule has 0 saturated carbocycles. The molecule has 4 heteroatoms. The molecule has 3 nitrogen and oxygen atoms in total. The van der Waals surface area contributed by atoms with Crippen molar-refractivity contribution >= 4 is 15.9 Å². The molecule has 0 aliphatic rings. The minimum absolute atomic E-state index is 0.123. The van der Waals surface area contributed by atoms with E-state index in [4.69, 9.17) is 9.47 Å². The Morgan fingerprint density at radius 1 is 1.25 bits per heavy atom. The first-order valence-electron chi connectivity index (χ1n) is 7.32. The Bertz CT molecular complexity index is 408. The zero-order valence-electron chi connectivity index (χ0n) is 13.0. The average Bonchev–Trinajstić information content (AvgIpc) is 2.40. The van der Waals surface area contributed by atoms with Crippen LogP contribution in [-0.4, -0.2) is 19.8 Å². The van der Waals surface area contributed by atoms with Crippen LogP contribution in [0.15, 0.2) is 16.6 Å². The van der Waals surface area contributed by atoms with Gasteiger partial charge in [-0.15, -0.1) is 0 Å². The molecule has 1 aromatic carbocycles. The van der Waals surface area contributed by atoms with Crippen molar-refractivity contribution in [2.24, 2.45) is 0 Å². The largest absolute Gasteiger partial charge is 0.493 e. The summed E-state index contributed by atoms with van der Waals surface area (Å²) in [6, 6.07) is 4.13. The van der Waals surface area contributed by atoms with Gasteiger partial charge in [-0.05, 0) is 60.4 Å². The molecule has 114 valence electrons. The van der Waals surface area contributed by atoms with Crippen molar-refractivity contribution in [2.45, 2.75) is 52.7 Å². The molecule has 1 aromatic rings. The Balaban J connectivity index is 2.67. The average molecular weight is 344 g/mol. The fraction of sp³-hybridized carbons (Fsp3) is 0.625. The highest BCUT2D eigenvalue weighted by Gasteiger charge is 2.12. The molecule has 0 bridgehead atoms. The molecule has 0 atom stereocenters. The molecule has 0 amide bonds. The molecule has 0 spiro atoms. The molecular formula is C16H26BrNO2. The second kappa shape index (κ2) is 9.24. The van der Waals surface area contributed by atoms with Crippen LogP contribution >= 0.6 is 15.9 Å². The van der Waals surface area contributed by atoms with Crippen LogP contribution in [0.4, 0.5) is 0 Å². The number of methoxy groups -OCH3 is 1. The highest BCUT2D eigenvalue weighted by Crippen LogP contribution is 2.37. The van der Waals surface area contributed by atoms with Crippen molar-refractivity contribution in [2.75, 3.05) is 13.7 Å². The van der Waals surface area contributed by atoms with Crippen LogP contribution in [0.3, 0.4) is 0 Å². The molecular weight excluding hydrogens is 318 g/mol. The van der Waals surface area contributed by atoms with E-state index in [1.54, 1.807) is 7.11 Å². The number of halogens is 1. The van der Waals surface area contributed by atoms with Gasteiger partial charge < -0.3 is 14.8 Å². The fourth-order valence-corrected chi connectivity index (χ4v) is 2.54. The van der Waals surface area contributed by atoms with Gasteiger partial charge in [0.1, 0.15) is 0 Å². The third-order valence-corrected chi connectivity index (χ3v) is 3.52. The van der Waals surface area contributed by atoms with Gasteiger partial charge in [0.2, 0.25) is 0 Å². The summed E-state index contributed by atoms with van der Waals surface area (Å²) in [6.45, 7) is 8.14. The van der Waals surface area contributed by atoms with Gasteiger partial charge in [-0.3, -0.25) is 0 Å². The first-order valence-corrected chi connectivity index (χ1v) is 8.11. The summed E-state index contributed by atoms with van der Waals surface area (Å²) in [7, 11) is 1.67. The quantitative estimate of drug-likeness (QED) is 0.668. The number of benzene rings is 1. The number of unbranched alkanes of at least 4 members (excludes halogenated alkanes) is 2. The number of hydrogen-bond donors (Lipinski definition) is 1. The lowest BCUT2D eigenvalue weighted by Crippen LogP contribution is -2.15. The summed E-state index contributed by atoms with van der Waals surface area (Å²) in [5, 5.41) is 3.46. The molecule has 0 aromatic heterocycles. The third-order valence-electron chi connectivity index (χ3n) is 2.93. The Labute approximate surface area is 131 Å². The van der Waals surface area contributed by atoms with Crippen molar-refractivity contribution in [3.05, 3.63) is 22.2 Å². The van der Waals surface area contributed by atoms with Crippen molar-refractivity contribution in [1.82, 2.24) is 5.32 Å². The molecule has 0 fully saturated rings. The van der Waals surface area contributed by atoms with Gasteiger partial charge in [0.25, 0.3) is 0 Å². The maximum absolute atomic E-state index is 5.79. The zero-order chi connectivity index (χ0) is 15.0. The molecule has 0 radical (unpaired) electrons. The molecule has 0 aliphatic heterocycles. The Morgan fingerprint density at radius 2 is 2.00 bits per heavy atom. The first kappa shape index (κ1) is 17.3. The Kier molecular flexibility index (Phi) is 8.00. The smallest absolute Gasteiger partial charge is 0.175 e. The van der Waals surface area contributed by atoms with Gasteiger partial charge in [-0.2, -0.15) is 0 Å². The second-order valence-electron chi connectivity index (χ2n) is 5.16.